The van der Waals surface area contributed by atoms with Crippen molar-refractivity contribution in [3.63, 3.8) is 0 Å². The highest BCUT2D eigenvalue weighted by Crippen LogP contribution is 2.18. The second-order valence-corrected chi connectivity index (χ2v) is 3.44. The first-order valence-corrected chi connectivity index (χ1v) is 4.52. The fourth-order valence-electron chi connectivity index (χ4n) is 1.18. The monoisotopic (exact) mass is 179 g/mol. The third-order valence-electron chi connectivity index (χ3n) is 2.16. The van der Waals surface area contributed by atoms with Crippen LogP contribution in [0.5, 0.6) is 0 Å². The second kappa shape index (κ2) is 3.30. The van der Waals surface area contributed by atoms with Crippen LogP contribution in [0.2, 0.25) is 0 Å². The highest BCUT2D eigenvalue weighted by Gasteiger charge is 2.20. The maximum absolute atomic E-state index is 11.0. The van der Waals surface area contributed by atoms with E-state index in [9.17, 15) is 4.79 Å². The quantitative estimate of drug-likeness (QED) is 0.712. The normalized spacial score (nSPS) is 16.1. The third-order valence-corrected chi connectivity index (χ3v) is 2.16. The average Bonchev–Trinajstić information content (AvgIpc) is 2.91. The Kier molecular flexibility index (Phi) is 2.14. The molecule has 0 bridgehead atoms. The number of hydrogen-bond donors (Lipinski definition) is 1. The zero-order valence-corrected chi connectivity index (χ0v) is 7.66. The molecule has 1 aliphatic rings. The Bertz CT molecular complexity index is 354. The fraction of sp³-hybridized carbons (Fsp3) is 0.556. The van der Waals surface area contributed by atoms with Gasteiger partial charge >= 0.3 is 0 Å². The van der Waals surface area contributed by atoms with Gasteiger partial charge in [-0.1, -0.05) is 0 Å². The molecule has 1 aromatic rings. The molecule has 0 saturated heterocycles. The molecule has 0 radical (unpaired) electrons. The molecule has 0 spiro atoms. The maximum Gasteiger partial charge on any atom is 0.266 e. The van der Waals surface area contributed by atoms with E-state index in [0.717, 1.165) is 12.2 Å². The van der Waals surface area contributed by atoms with Crippen LogP contribution >= 0.6 is 0 Å². The van der Waals surface area contributed by atoms with Crippen molar-refractivity contribution in [3.8, 4) is 0 Å². The van der Waals surface area contributed by atoms with Gasteiger partial charge < -0.3 is 5.32 Å². The Morgan fingerprint density at radius 1 is 1.62 bits per heavy atom. The van der Waals surface area contributed by atoms with Gasteiger partial charge in [0.15, 0.2) is 0 Å². The average molecular weight is 179 g/mol. The molecule has 2 rings (SSSR count). The van der Waals surface area contributed by atoms with Crippen molar-refractivity contribution in [1.29, 1.82) is 0 Å². The number of nitrogens with zero attached hydrogens (tertiary/aromatic N) is 2. The van der Waals surface area contributed by atoms with E-state index in [-0.39, 0.29) is 5.56 Å². The molecule has 0 amide bonds. The molecule has 13 heavy (non-hydrogen) atoms. The minimum Gasteiger partial charge on any atom is -0.308 e. The number of hydrogen-bond acceptors (Lipinski definition) is 3. The predicted molar refractivity (Wildman–Crippen MR) is 49.3 cm³/mol. The Balaban J connectivity index is 2.02. The van der Waals surface area contributed by atoms with Gasteiger partial charge in [0, 0.05) is 25.7 Å². The summed E-state index contributed by atoms with van der Waals surface area (Å²) in [5, 5.41) is 7.46. The van der Waals surface area contributed by atoms with Crippen molar-refractivity contribution in [2.24, 2.45) is 7.05 Å². The Morgan fingerprint density at radius 3 is 3.00 bits per heavy atom. The first-order chi connectivity index (χ1) is 6.25. The van der Waals surface area contributed by atoms with Crippen LogP contribution in [-0.2, 0) is 13.6 Å². The molecular weight excluding hydrogens is 166 g/mol. The molecule has 1 heterocycles. The molecule has 1 fully saturated rings. The Hall–Kier alpha value is -1.16. The van der Waals surface area contributed by atoms with Crippen LogP contribution < -0.4 is 10.9 Å². The van der Waals surface area contributed by atoms with Crippen LogP contribution in [-0.4, -0.2) is 15.8 Å². The molecule has 0 aliphatic heterocycles. The zero-order chi connectivity index (χ0) is 9.26. The van der Waals surface area contributed by atoms with E-state index in [1.54, 1.807) is 19.2 Å². The van der Waals surface area contributed by atoms with E-state index in [1.807, 2.05) is 0 Å². The molecule has 1 saturated carbocycles. The van der Waals surface area contributed by atoms with E-state index in [4.69, 9.17) is 0 Å². The molecule has 4 heteroatoms. The molecule has 0 unspecified atom stereocenters. The van der Waals surface area contributed by atoms with E-state index in [1.165, 1.54) is 17.5 Å². The number of nitrogens with one attached hydrogen (secondary N) is 1. The minimum absolute atomic E-state index is 0.0600. The fourth-order valence-corrected chi connectivity index (χ4v) is 1.18. The summed E-state index contributed by atoms with van der Waals surface area (Å²) in [6.45, 7) is 0.763. The van der Waals surface area contributed by atoms with Crippen LogP contribution in [0.15, 0.2) is 16.9 Å². The highest BCUT2D eigenvalue weighted by atomic mass is 16.1. The highest BCUT2D eigenvalue weighted by molar-refractivity contribution is 5.00. The summed E-state index contributed by atoms with van der Waals surface area (Å²) in [7, 11) is 1.67. The lowest BCUT2D eigenvalue weighted by Crippen LogP contribution is -2.23. The van der Waals surface area contributed by atoms with Crippen molar-refractivity contribution in [1.82, 2.24) is 15.1 Å². The van der Waals surface area contributed by atoms with Crippen molar-refractivity contribution in [2.45, 2.75) is 25.4 Å². The van der Waals surface area contributed by atoms with Crippen LogP contribution in [0.4, 0.5) is 0 Å². The SMILES string of the molecule is Cn1nc(CNC2CC2)ccc1=O. The summed E-state index contributed by atoms with van der Waals surface area (Å²) in [4.78, 5) is 11.0. The van der Waals surface area contributed by atoms with Gasteiger partial charge in [0.25, 0.3) is 5.56 Å². The molecule has 1 aromatic heterocycles. The zero-order valence-electron chi connectivity index (χ0n) is 7.66. The van der Waals surface area contributed by atoms with Crippen molar-refractivity contribution < 1.29 is 0 Å². The molecule has 1 aliphatic carbocycles. The van der Waals surface area contributed by atoms with E-state index < -0.39 is 0 Å². The molecule has 0 aromatic carbocycles. The summed E-state index contributed by atoms with van der Waals surface area (Å²) >= 11 is 0. The standard InChI is InChI=1S/C9H13N3O/c1-12-9(13)5-4-8(11-12)6-10-7-2-3-7/h4-5,7,10H,2-3,6H2,1H3. The van der Waals surface area contributed by atoms with Gasteiger partial charge in [-0.15, -0.1) is 0 Å². The van der Waals surface area contributed by atoms with Gasteiger partial charge in [0.1, 0.15) is 0 Å². The van der Waals surface area contributed by atoms with Crippen molar-refractivity contribution in [3.05, 3.63) is 28.2 Å². The smallest absolute Gasteiger partial charge is 0.266 e. The van der Waals surface area contributed by atoms with Gasteiger partial charge in [-0.05, 0) is 18.9 Å². The van der Waals surface area contributed by atoms with Gasteiger partial charge in [-0.2, -0.15) is 5.10 Å². The maximum atomic E-state index is 11.0. The lowest BCUT2D eigenvalue weighted by molar-refractivity contribution is 0.621. The Labute approximate surface area is 76.6 Å². The summed E-state index contributed by atoms with van der Waals surface area (Å²) in [6.07, 6.45) is 2.54. The number of aryl methyl sites for hydroxylation is 1. The summed E-state index contributed by atoms with van der Waals surface area (Å²) in [5.74, 6) is 0. The van der Waals surface area contributed by atoms with E-state index >= 15 is 0 Å². The second-order valence-electron chi connectivity index (χ2n) is 3.44. The summed E-state index contributed by atoms with van der Waals surface area (Å²) in [6, 6.07) is 4.01. The van der Waals surface area contributed by atoms with Gasteiger partial charge in [0.2, 0.25) is 0 Å². The van der Waals surface area contributed by atoms with E-state index in [0.29, 0.717) is 6.04 Å². The van der Waals surface area contributed by atoms with Crippen LogP contribution in [0.1, 0.15) is 18.5 Å². The third kappa shape index (κ3) is 2.15. The molecule has 0 atom stereocenters. The first-order valence-electron chi connectivity index (χ1n) is 4.52. The van der Waals surface area contributed by atoms with Crippen LogP contribution in [0.25, 0.3) is 0 Å². The van der Waals surface area contributed by atoms with E-state index in [2.05, 4.69) is 10.4 Å². The molecular formula is C9H13N3O. The van der Waals surface area contributed by atoms with Crippen molar-refractivity contribution >= 4 is 0 Å². The largest absolute Gasteiger partial charge is 0.308 e. The number of rotatable bonds is 3. The Morgan fingerprint density at radius 2 is 2.38 bits per heavy atom. The topological polar surface area (TPSA) is 46.9 Å². The molecule has 1 N–H and O–H groups in total. The summed E-state index contributed by atoms with van der Waals surface area (Å²) < 4.78 is 1.36. The van der Waals surface area contributed by atoms with Crippen LogP contribution in [0, 0.1) is 0 Å². The number of aromatic nitrogens is 2. The predicted octanol–water partition coefficient (Wildman–Crippen LogP) is 0.0323. The molecule has 70 valence electrons. The van der Waals surface area contributed by atoms with Crippen LogP contribution in [0.3, 0.4) is 0 Å². The minimum atomic E-state index is -0.0600. The lowest BCUT2D eigenvalue weighted by atomic mass is 10.4. The first kappa shape index (κ1) is 8.44. The van der Waals surface area contributed by atoms with Gasteiger partial charge in [-0.3, -0.25) is 4.79 Å². The molecule has 4 nitrogen and oxygen atoms in total. The van der Waals surface area contributed by atoms with Gasteiger partial charge in [-0.25, -0.2) is 4.68 Å². The van der Waals surface area contributed by atoms with Gasteiger partial charge in [0.05, 0.1) is 5.69 Å². The lowest BCUT2D eigenvalue weighted by Gasteiger charge is -2.02. The van der Waals surface area contributed by atoms with Crippen molar-refractivity contribution in [2.75, 3.05) is 0 Å². The summed E-state index contributed by atoms with van der Waals surface area (Å²) in [5.41, 5.74) is 0.865.